The van der Waals surface area contributed by atoms with E-state index in [2.05, 4.69) is 5.32 Å². The van der Waals surface area contributed by atoms with Crippen LogP contribution in [0.1, 0.15) is 25.0 Å². The van der Waals surface area contributed by atoms with Crippen molar-refractivity contribution in [2.24, 2.45) is 5.41 Å². The fourth-order valence-corrected chi connectivity index (χ4v) is 1.54. The molecule has 0 saturated heterocycles. The molecule has 0 fully saturated rings. The van der Waals surface area contributed by atoms with Crippen molar-refractivity contribution >= 4 is 17.5 Å². The van der Waals surface area contributed by atoms with E-state index in [0.717, 1.165) is 12.1 Å². The molecule has 0 bridgehead atoms. The number of nitrogens with one attached hydrogen (secondary N) is 1. The van der Waals surface area contributed by atoms with Gasteiger partial charge in [-0.3, -0.25) is 4.79 Å². The molecule has 1 rings (SSSR count). The fraction of sp³-hybridized carbons (Fsp3) is 0.500. The molecule has 0 saturated carbocycles. The number of rotatable bonds is 5. The number of halogens is 4. The molecule has 0 spiro atoms. The lowest BCUT2D eigenvalue weighted by molar-refractivity contribution is -0.137. The molecule has 0 aliphatic heterocycles. The summed E-state index contributed by atoms with van der Waals surface area (Å²) in [5.74, 6) is 0.177. The second-order valence-electron chi connectivity index (χ2n) is 5.45. The Labute approximate surface area is 121 Å². The van der Waals surface area contributed by atoms with Gasteiger partial charge in [-0.15, -0.1) is 11.6 Å². The van der Waals surface area contributed by atoms with Gasteiger partial charge in [-0.05, 0) is 23.1 Å². The van der Waals surface area contributed by atoms with Crippen molar-refractivity contribution in [1.29, 1.82) is 0 Å². The minimum Gasteiger partial charge on any atom is -0.355 e. The SMILES string of the molecule is CC(C)(CCl)CNC(=O)Cc1ccc(C(F)(F)F)cc1. The van der Waals surface area contributed by atoms with Gasteiger partial charge < -0.3 is 5.32 Å². The van der Waals surface area contributed by atoms with Crippen LogP contribution in [0.3, 0.4) is 0 Å². The van der Waals surface area contributed by atoms with Crippen LogP contribution in [0.5, 0.6) is 0 Å². The van der Waals surface area contributed by atoms with E-state index < -0.39 is 11.7 Å². The summed E-state index contributed by atoms with van der Waals surface area (Å²) in [6.45, 7) is 4.26. The first-order valence-electron chi connectivity index (χ1n) is 6.13. The van der Waals surface area contributed by atoms with Gasteiger partial charge in [0.1, 0.15) is 0 Å². The fourth-order valence-electron chi connectivity index (χ4n) is 1.44. The average Bonchev–Trinajstić information content (AvgIpc) is 2.36. The van der Waals surface area contributed by atoms with Gasteiger partial charge in [-0.2, -0.15) is 13.2 Å². The molecule has 2 nitrogen and oxygen atoms in total. The summed E-state index contributed by atoms with van der Waals surface area (Å²) in [6.07, 6.45) is -4.30. The lowest BCUT2D eigenvalue weighted by Crippen LogP contribution is -2.35. The molecule has 0 aliphatic carbocycles. The first-order chi connectivity index (χ1) is 9.14. The molecule has 0 unspecified atom stereocenters. The predicted molar refractivity (Wildman–Crippen MR) is 72.7 cm³/mol. The number of hydrogen-bond donors (Lipinski definition) is 1. The predicted octanol–water partition coefficient (Wildman–Crippen LogP) is 3.63. The maximum atomic E-state index is 12.4. The van der Waals surface area contributed by atoms with Crippen LogP contribution in [-0.4, -0.2) is 18.3 Å². The third kappa shape index (κ3) is 5.41. The standard InChI is InChI=1S/C14H17ClF3NO/c1-13(2,8-15)9-19-12(20)7-10-3-5-11(6-4-10)14(16,17)18/h3-6H,7-9H2,1-2H3,(H,19,20). The summed E-state index contributed by atoms with van der Waals surface area (Å²) in [4.78, 5) is 11.7. The quantitative estimate of drug-likeness (QED) is 0.827. The Kier molecular flexibility index (Phi) is 5.45. The van der Waals surface area contributed by atoms with Crippen LogP contribution in [0.15, 0.2) is 24.3 Å². The van der Waals surface area contributed by atoms with Crippen molar-refractivity contribution < 1.29 is 18.0 Å². The number of alkyl halides is 4. The maximum absolute atomic E-state index is 12.4. The molecule has 0 aromatic heterocycles. The van der Waals surface area contributed by atoms with Gasteiger partial charge in [0, 0.05) is 12.4 Å². The van der Waals surface area contributed by atoms with Crippen molar-refractivity contribution in [2.45, 2.75) is 26.4 Å². The minimum atomic E-state index is -4.36. The Hall–Kier alpha value is -1.23. The zero-order valence-corrected chi connectivity index (χ0v) is 12.1. The number of benzene rings is 1. The molecule has 0 aliphatic rings. The summed E-state index contributed by atoms with van der Waals surface area (Å²) in [6, 6.07) is 4.58. The number of carbonyl (C=O) groups excluding carboxylic acids is 1. The van der Waals surface area contributed by atoms with Crippen molar-refractivity contribution in [3.63, 3.8) is 0 Å². The van der Waals surface area contributed by atoms with Crippen molar-refractivity contribution in [1.82, 2.24) is 5.32 Å². The number of carbonyl (C=O) groups is 1. The Morgan fingerprint density at radius 2 is 1.75 bits per heavy atom. The Morgan fingerprint density at radius 3 is 2.20 bits per heavy atom. The lowest BCUT2D eigenvalue weighted by atomic mass is 9.96. The molecule has 0 radical (unpaired) electrons. The lowest BCUT2D eigenvalue weighted by Gasteiger charge is -2.21. The van der Waals surface area contributed by atoms with Crippen molar-refractivity contribution in [2.75, 3.05) is 12.4 Å². The van der Waals surface area contributed by atoms with Crippen LogP contribution < -0.4 is 5.32 Å². The van der Waals surface area contributed by atoms with Gasteiger partial charge in [0.05, 0.1) is 12.0 Å². The highest BCUT2D eigenvalue weighted by atomic mass is 35.5. The molecule has 1 N–H and O–H groups in total. The molecule has 1 aromatic rings. The van der Waals surface area contributed by atoms with E-state index in [1.165, 1.54) is 12.1 Å². The molecule has 1 aromatic carbocycles. The van der Waals surface area contributed by atoms with Crippen LogP contribution in [0.4, 0.5) is 13.2 Å². The first kappa shape index (κ1) is 16.8. The van der Waals surface area contributed by atoms with Crippen molar-refractivity contribution in [3.05, 3.63) is 35.4 Å². The second-order valence-corrected chi connectivity index (χ2v) is 5.71. The average molecular weight is 308 g/mol. The van der Waals surface area contributed by atoms with Gasteiger partial charge in [0.15, 0.2) is 0 Å². The second kappa shape index (κ2) is 6.48. The highest BCUT2D eigenvalue weighted by Crippen LogP contribution is 2.29. The third-order valence-electron chi connectivity index (χ3n) is 2.77. The van der Waals surface area contributed by atoms with E-state index in [-0.39, 0.29) is 17.7 Å². The molecule has 112 valence electrons. The topological polar surface area (TPSA) is 29.1 Å². The maximum Gasteiger partial charge on any atom is 0.416 e. The molecule has 20 heavy (non-hydrogen) atoms. The van der Waals surface area contributed by atoms with Gasteiger partial charge in [0.25, 0.3) is 0 Å². The van der Waals surface area contributed by atoms with Crippen LogP contribution >= 0.6 is 11.6 Å². The molecule has 1 amide bonds. The monoisotopic (exact) mass is 307 g/mol. The zero-order chi connectivity index (χ0) is 15.4. The molecule has 0 atom stereocenters. The van der Waals surface area contributed by atoms with E-state index in [4.69, 9.17) is 11.6 Å². The van der Waals surface area contributed by atoms with E-state index in [1.54, 1.807) is 0 Å². The largest absolute Gasteiger partial charge is 0.416 e. The Bertz CT molecular complexity index is 454. The summed E-state index contributed by atoms with van der Waals surface area (Å²) in [7, 11) is 0. The summed E-state index contributed by atoms with van der Waals surface area (Å²) < 4.78 is 37.1. The van der Waals surface area contributed by atoms with Crippen LogP contribution in [0, 0.1) is 5.41 Å². The van der Waals surface area contributed by atoms with Crippen LogP contribution in [0.2, 0.25) is 0 Å². The minimum absolute atomic E-state index is 0.0521. The van der Waals surface area contributed by atoms with Crippen molar-refractivity contribution in [3.8, 4) is 0 Å². The van der Waals surface area contributed by atoms with Crippen LogP contribution in [-0.2, 0) is 17.4 Å². The first-order valence-corrected chi connectivity index (χ1v) is 6.66. The van der Waals surface area contributed by atoms with Gasteiger partial charge in [-0.25, -0.2) is 0 Å². The highest BCUT2D eigenvalue weighted by molar-refractivity contribution is 6.18. The van der Waals surface area contributed by atoms with Crippen LogP contribution in [0.25, 0.3) is 0 Å². The van der Waals surface area contributed by atoms with E-state index in [9.17, 15) is 18.0 Å². The van der Waals surface area contributed by atoms with Gasteiger partial charge in [0.2, 0.25) is 5.91 Å². The number of amides is 1. The highest BCUT2D eigenvalue weighted by Gasteiger charge is 2.30. The smallest absolute Gasteiger partial charge is 0.355 e. The third-order valence-corrected chi connectivity index (χ3v) is 3.50. The van der Waals surface area contributed by atoms with Gasteiger partial charge in [-0.1, -0.05) is 26.0 Å². The van der Waals surface area contributed by atoms with E-state index in [1.807, 2.05) is 13.8 Å². The van der Waals surface area contributed by atoms with E-state index >= 15 is 0 Å². The molecule has 6 heteroatoms. The summed E-state index contributed by atoms with van der Waals surface area (Å²) >= 11 is 5.74. The van der Waals surface area contributed by atoms with Gasteiger partial charge >= 0.3 is 6.18 Å². The van der Waals surface area contributed by atoms with E-state index in [0.29, 0.717) is 18.0 Å². The number of hydrogen-bond acceptors (Lipinski definition) is 1. The zero-order valence-electron chi connectivity index (χ0n) is 11.4. The molecule has 0 heterocycles. The summed E-state index contributed by atoms with van der Waals surface area (Å²) in [5, 5.41) is 2.72. The summed E-state index contributed by atoms with van der Waals surface area (Å²) in [5.41, 5.74) is -0.388. The Morgan fingerprint density at radius 1 is 1.20 bits per heavy atom. The Balaban J connectivity index is 2.55. The molecular weight excluding hydrogens is 291 g/mol. The molecular formula is C14H17ClF3NO. The normalized spacial score (nSPS) is 12.3.